The van der Waals surface area contributed by atoms with E-state index in [1.807, 2.05) is 33.8 Å². The van der Waals surface area contributed by atoms with Crippen LogP contribution in [0.1, 0.15) is 40.5 Å². The van der Waals surface area contributed by atoms with E-state index < -0.39 is 5.60 Å². The van der Waals surface area contributed by atoms with Gasteiger partial charge in [0, 0.05) is 0 Å². The molecule has 0 aliphatic heterocycles. The van der Waals surface area contributed by atoms with Gasteiger partial charge in [0.15, 0.2) is 0 Å². The fourth-order valence-corrected chi connectivity index (χ4v) is 1.05. The molecule has 0 aliphatic rings. The summed E-state index contributed by atoms with van der Waals surface area (Å²) >= 11 is 0. The molecule has 0 aromatic rings. The van der Waals surface area contributed by atoms with Gasteiger partial charge < -0.3 is 5.11 Å². The minimum absolute atomic E-state index is 0.211. The van der Waals surface area contributed by atoms with Crippen LogP contribution in [0.15, 0.2) is 0 Å². The lowest BCUT2D eigenvalue weighted by molar-refractivity contribution is -0.0567. The SMILES string of the molecule is CCC(O)(CC#N)C(C)(C)C. The number of hydrogen-bond acceptors (Lipinski definition) is 2. The molecule has 0 aromatic heterocycles. The third-order valence-electron chi connectivity index (χ3n) is 2.35. The Bertz CT molecular complexity index is 163. The largest absolute Gasteiger partial charge is 0.388 e. The van der Waals surface area contributed by atoms with Crippen LogP contribution in [0.4, 0.5) is 0 Å². The molecule has 0 bridgehead atoms. The Morgan fingerprint density at radius 3 is 1.91 bits per heavy atom. The van der Waals surface area contributed by atoms with Crippen molar-refractivity contribution in [3.8, 4) is 6.07 Å². The lowest BCUT2D eigenvalue weighted by Gasteiger charge is -2.37. The summed E-state index contributed by atoms with van der Waals surface area (Å²) in [5.74, 6) is 0. The van der Waals surface area contributed by atoms with Crippen molar-refractivity contribution >= 4 is 0 Å². The summed E-state index contributed by atoms with van der Waals surface area (Å²) in [4.78, 5) is 0. The van der Waals surface area contributed by atoms with Crippen LogP contribution in [0.25, 0.3) is 0 Å². The first-order valence-electron chi connectivity index (χ1n) is 3.96. The highest BCUT2D eigenvalue weighted by Crippen LogP contribution is 2.35. The summed E-state index contributed by atoms with van der Waals surface area (Å²) < 4.78 is 0. The summed E-state index contributed by atoms with van der Waals surface area (Å²) in [5, 5.41) is 18.4. The van der Waals surface area contributed by atoms with E-state index in [-0.39, 0.29) is 11.8 Å². The molecule has 2 nitrogen and oxygen atoms in total. The van der Waals surface area contributed by atoms with E-state index >= 15 is 0 Å². The van der Waals surface area contributed by atoms with Crippen LogP contribution in [-0.2, 0) is 0 Å². The van der Waals surface area contributed by atoms with Crippen LogP contribution in [0.3, 0.4) is 0 Å². The standard InChI is InChI=1S/C9H17NO/c1-5-9(11,6-7-10)8(2,3)4/h11H,5-6H2,1-4H3. The molecule has 0 spiro atoms. The van der Waals surface area contributed by atoms with E-state index in [0.29, 0.717) is 6.42 Å². The minimum atomic E-state index is -0.832. The van der Waals surface area contributed by atoms with Crippen molar-refractivity contribution < 1.29 is 5.11 Å². The van der Waals surface area contributed by atoms with E-state index in [1.165, 1.54) is 0 Å². The van der Waals surface area contributed by atoms with Gasteiger partial charge in [-0.05, 0) is 11.8 Å². The smallest absolute Gasteiger partial charge is 0.0822 e. The second kappa shape index (κ2) is 3.23. The molecule has 1 atom stereocenters. The maximum Gasteiger partial charge on any atom is 0.0822 e. The lowest BCUT2D eigenvalue weighted by atomic mass is 9.73. The molecule has 0 rings (SSSR count). The zero-order chi connectivity index (χ0) is 9.12. The van der Waals surface area contributed by atoms with Crippen LogP contribution >= 0.6 is 0 Å². The number of aliphatic hydroxyl groups is 1. The summed E-state index contributed by atoms with van der Waals surface area (Å²) in [7, 11) is 0. The summed E-state index contributed by atoms with van der Waals surface area (Å²) in [6, 6.07) is 2.02. The first-order chi connectivity index (χ1) is 4.87. The molecule has 1 unspecified atom stereocenters. The Kier molecular flexibility index (Phi) is 3.07. The molecule has 1 N–H and O–H groups in total. The van der Waals surface area contributed by atoms with Gasteiger partial charge in [-0.15, -0.1) is 0 Å². The van der Waals surface area contributed by atoms with Gasteiger partial charge in [-0.3, -0.25) is 0 Å². The Labute approximate surface area is 68.8 Å². The average molecular weight is 155 g/mol. The van der Waals surface area contributed by atoms with Crippen LogP contribution in [0, 0.1) is 16.7 Å². The molecule has 0 aromatic carbocycles. The van der Waals surface area contributed by atoms with Crippen LogP contribution in [0.5, 0.6) is 0 Å². The Hall–Kier alpha value is -0.550. The number of hydrogen-bond donors (Lipinski definition) is 1. The first-order valence-corrected chi connectivity index (χ1v) is 3.96. The second-order valence-electron chi connectivity index (χ2n) is 3.97. The summed E-state index contributed by atoms with van der Waals surface area (Å²) in [5.41, 5.74) is -1.04. The Balaban J connectivity index is 4.49. The van der Waals surface area contributed by atoms with Gasteiger partial charge in [0.25, 0.3) is 0 Å². The van der Waals surface area contributed by atoms with E-state index in [9.17, 15) is 5.11 Å². The highest BCUT2D eigenvalue weighted by atomic mass is 16.3. The number of nitrogens with zero attached hydrogens (tertiary/aromatic N) is 1. The van der Waals surface area contributed by atoms with Crippen LogP contribution in [-0.4, -0.2) is 10.7 Å². The van der Waals surface area contributed by atoms with Gasteiger partial charge >= 0.3 is 0 Å². The quantitative estimate of drug-likeness (QED) is 0.663. The first kappa shape index (κ1) is 10.4. The van der Waals surface area contributed by atoms with Crippen molar-refractivity contribution in [1.29, 1.82) is 5.26 Å². The molecular weight excluding hydrogens is 138 g/mol. The maximum atomic E-state index is 9.93. The van der Waals surface area contributed by atoms with Crippen molar-refractivity contribution in [3.63, 3.8) is 0 Å². The van der Waals surface area contributed by atoms with E-state index in [1.54, 1.807) is 0 Å². The fraction of sp³-hybridized carbons (Fsp3) is 0.889. The van der Waals surface area contributed by atoms with Crippen molar-refractivity contribution in [2.75, 3.05) is 0 Å². The predicted molar refractivity (Wildman–Crippen MR) is 44.9 cm³/mol. The molecule has 0 aliphatic carbocycles. The normalized spacial score (nSPS) is 17.1. The zero-order valence-corrected chi connectivity index (χ0v) is 7.81. The highest BCUT2D eigenvalue weighted by molar-refractivity contribution is 4.96. The summed E-state index contributed by atoms with van der Waals surface area (Å²) in [6.07, 6.45) is 0.844. The Morgan fingerprint density at radius 2 is 1.82 bits per heavy atom. The molecule has 0 saturated carbocycles. The van der Waals surface area contributed by atoms with Crippen molar-refractivity contribution in [1.82, 2.24) is 0 Å². The van der Waals surface area contributed by atoms with Gasteiger partial charge in [0.1, 0.15) is 0 Å². The van der Waals surface area contributed by atoms with Gasteiger partial charge in [0.2, 0.25) is 0 Å². The topological polar surface area (TPSA) is 44.0 Å². The molecule has 0 saturated heterocycles. The Morgan fingerprint density at radius 1 is 1.36 bits per heavy atom. The third kappa shape index (κ3) is 2.20. The number of nitriles is 1. The van der Waals surface area contributed by atoms with E-state index in [4.69, 9.17) is 5.26 Å². The summed E-state index contributed by atoms with van der Waals surface area (Å²) in [6.45, 7) is 7.76. The molecule has 64 valence electrons. The zero-order valence-electron chi connectivity index (χ0n) is 7.81. The molecule has 11 heavy (non-hydrogen) atoms. The fourth-order valence-electron chi connectivity index (χ4n) is 1.05. The molecule has 0 heterocycles. The predicted octanol–water partition coefficient (Wildman–Crippen LogP) is 2.09. The molecular formula is C9H17NO. The molecule has 0 amide bonds. The molecule has 0 radical (unpaired) electrons. The maximum absolute atomic E-state index is 9.93. The third-order valence-corrected chi connectivity index (χ3v) is 2.35. The van der Waals surface area contributed by atoms with Crippen molar-refractivity contribution in [3.05, 3.63) is 0 Å². The number of rotatable bonds is 2. The molecule has 0 fully saturated rings. The van der Waals surface area contributed by atoms with Gasteiger partial charge in [0.05, 0.1) is 18.1 Å². The van der Waals surface area contributed by atoms with Gasteiger partial charge in [-0.1, -0.05) is 27.7 Å². The molecule has 2 heteroatoms. The van der Waals surface area contributed by atoms with E-state index in [0.717, 1.165) is 0 Å². The average Bonchev–Trinajstić information content (AvgIpc) is 1.86. The van der Waals surface area contributed by atoms with Gasteiger partial charge in [-0.25, -0.2) is 0 Å². The highest BCUT2D eigenvalue weighted by Gasteiger charge is 2.37. The minimum Gasteiger partial charge on any atom is -0.388 e. The van der Waals surface area contributed by atoms with Crippen LogP contribution < -0.4 is 0 Å². The van der Waals surface area contributed by atoms with Crippen molar-refractivity contribution in [2.45, 2.75) is 46.1 Å². The van der Waals surface area contributed by atoms with E-state index in [2.05, 4.69) is 0 Å². The lowest BCUT2D eigenvalue weighted by Crippen LogP contribution is -2.41. The van der Waals surface area contributed by atoms with Gasteiger partial charge in [-0.2, -0.15) is 5.26 Å². The monoisotopic (exact) mass is 155 g/mol. The second-order valence-corrected chi connectivity index (χ2v) is 3.97. The van der Waals surface area contributed by atoms with Crippen LogP contribution in [0.2, 0.25) is 0 Å². The van der Waals surface area contributed by atoms with Crippen molar-refractivity contribution in [2.24, 2.45) is 5.41 Å².